The van der Waals surface area contributed by atoms with Crippen molar-refractivity contribution in [1.29, 1.82) is 0 Å². The standard InChI is InChI=1S/C15H26N2O/c1-11(9-16-15-5-6-15)12(2)17(4)10-14-7-8-18-13(14)3/h7-8,11-12,15-16H,5-6,9-10H2,1-4H3. The Kier molecular flexibility index (Phi) is 4.46. The van der Waals surface area contributed by atoms with Crippen LogP contribution in [0.3, 0.4) is 0 Å². The normalized spacial score (nSPS) is 19.2. The highest BCUT2D eigenvalue weighted by molar-refractivity contribution is 5.15. The van der Waals surface area contributed by atoms with Crippen molar-refractivity contribution in [2.24, 2.45) is 5.92 Å². The average Bonchev–Trinajstić information content (AvgIpc) is 3.10. The van der Waals surface area contributed by atoms with Gasteiger partial charge in [0.05, 0.1) is 6.26 Å². The topological polar surface area (TPSA) is 28.4 Å². The molecule has 1 aromatic rings. The first-order chi connectivity index (χ1) is 8.58. The van der Waals surface area contributed by atoms with E-state index in [9.17, 15) is 0 Å². The Morgan fingerprint density at radius 1 is 1.44 bits per heavy atom. The summed E-state index contributed by atoms with van der Waals surface area (Å²) in [5.41, 5.74) is 1.30. The minimum atomic E-state index is 0.575. The third-order valence-electron chi connectivity index (χ3n) is 4.21. The molecule has 1 saturated carbocycles. The van der Waals surface area contributed by atoms with Gasteiger partial charge in [0.25, 0.3) is 0 Å². The van der Waals surface area contributed by atoms with Gasteiger partial charge in [-0.15, -0.1) is 0 Å². The van der Waals surface area contributed by atoms with E-state index in [4.69, 9.17) is 4.42 Å². The fourth-order valence-corrected chi connectivity index (χ4v) is 2.23. The van der Waals surface area contributed by atoms with Gasteiger partial charge in [0.15, 0.2) is 0 Å². The summed E-state index contributed by atoms with van der Waals surface area (Å²) in [4.78, 5) is 2.41. The number of hydrogen-bond acceptors (Lipinski definition) is 3. The van der Waals surface area contributed by atoms with E-state index in [2.05, 4.69) is 37.2 Å². The summed E-state index contributed by atoms with van der Waals surface area (Å²) in [7, 11) is 2.20. The fraction of sp³-hybridized carbons (Fsp3) is 0.733. The largest absolute Gasteiger partial charge is 0.469 e. The van der Waals surface area contributed by atoms with Gasteiger partial charge in [0, 0.05) is 24.2 Å². The molecule has 2 rings (SSSR count). The van der Waals surface area contributed by atoms with Crippen molar-refractivity contribution in [3.05, 3.63) is 23.7 Å². The summed E-state index contributed by atoms with van der Waals surface area (Å²) in [6.45, 7) is 8.77. The summed E-state index contributed by atoms with van der Waals surface area (Å²) in [5, 5.41) is 3.62. The summed E-state index contributed by atoms with van der Waals surface area (Å²) in [6, 6.07) is 3.46. The van der Waals surface area contributed by atoms with E-state index in [1.54, 1.807) is 6.26 Å². The molecule has 0 spiro atoms. The van der Waals surface area contributed by atoms with Gasteiger partial charge in [0.1, 0.15) is 5.76 Å². The molecule has 1 aromatic heterocycles. The SMILES string of the molecule is Cc1occc1CN(C)C(C)C(C)CNC1CC1. The Bertz CT molecular complexity index is 370. The summed E-state index contributed by atoms with van der Waals surface area (Å²) >= 11 is 0. The van der Waals surface area contributed by atoms with Crippen molar-refractivity contribution in [3.63, 3.8) is 0 Å². The molecule has 18 heavy (non-hydrogen) atoms. The van der Waals surface area contributed by atoms with E-state index in [-0.39, 0.29) is 0 Å². The Morgan fingerprint density at radius 3 is 2.72 bits per heavy atom. The highest BCUT2D eigenvalue weighted by Gasteiger charge is 2.23. The number of aryl methyl sites for hydroxylation is 1. The number of nitrogens with zero attached hydrogens (tertiary/aromatic N) is 1. The lowest BCUT2D eigenvalue weighted by atomic mass is 10.0. The van der Waals surface area contributed by atoms with Crippen LogP contribution < -0.4 is 5.32 Å². The molecule has 0 saturated heterocycles. The van der Waals surface area contributed by atoms with Gasteiger partial charge < -0.3 is 9.73 Å². The van der Waals surface area contributed by atoms with E-state index in [0.29, 0.717) is 12.0 Å². The van der Waals surface area contributed by atoms with Gasteiger partial charge >= 0.3 is 0 Å². The molecule has 1 aliphatic rings. The molecule has 0 amide bonds. The van der Waals surface area contributed by atoms with Gasteiger partial charge in [-0.1, -0.05) is 6.92 Å². The molecule has 0 aromatic carbocycles. The van der Waals surface area contributed by atoms with Crippen LogP contribution in [0, 0.1) is 12.8 Å². The smallest absolute Gasteiger partial charge is 0.105 e. The maximum absolute atomic E-state index is 5.35. The van der Waals surface area contributed by atoms with Gasteiger partial charge in [-0.25, -0.2) is 0 Å². The molecule has 1 heterocycles. The van der Waals surface area contributed by atoms with Crippen LogP contribution in [-0.2, 0) is 6.54 Å². The van der Waals surface area contributed by atoms with Crippen molar-refractivity contribution in [2.45, 2.75) is 52.2 Å². The van der Waals surface area contributed by atoms with Crippen LogP contribution in [0.15, 0.2) is 16.7 Å². The lowest BCUT2D eigenvalue weighted by Crippen LogP contribution is -2.39. The summed E-state index contributed by atoms with van der Waals surface area (Å²) < 4.78 is 5.35. The van der Waals surface area contributed by atoms with Gasteiger partial charge in [0.2, 0.25) is 0 Å². The van der Waals surface area contributed by atoms with Crippen LogP contribution in [0.4, 0.5) is 0 Å². The van der Waals surface area contributed by atoms with Crippen LogP contribution in [-0.4, -0.2) is 30.6 Å². The van der Waals surface area contributed by atoms with Crippen molar-refractivity contribution < 1.29 is 4.42 Å². The number of nitrogens with one attached hydrogen (secondary N) is 1. The lowest BCUT2D eigenvalue weighted by molar-refractivity contribution is 0.187. The molecule has 1 aliphatic carbocycles. The van der Waals surface area contributed by atoms with Gasteiger partial charge in [-0.05, 0) is 52.3 Å². The van der Waals surface area contributed by atoms with Crippen molar-refractivity contribution in [2.75, 3.05) is 13.6 Å². The maximum atomic E-state index is 5.35. The minimum absolute atomic E-state index is 0.575. The second kappa shape index (κ2) is 5.89. The summed E-state index contributed by atoms with van der Waals surface area (Å²) in [6.07, 6.45) is 4.51. The Morgan fingerprint density at radius 2 is 2.17 bits per heavy atom. The highest BCUT2D eigenvalue weighted by atomic mass is 16.3. The Labute approximate surface area is 111 Å². The first kappa shape index (κ1) is 13.6. The van der Waals surface area contributed by atoms with Crippen molar-refractivity contribution in [1.82, 2.24) is 10.2 Å². The Hall–Kier alpha value is -0.800. The second-order valence-corrected chi connectivity index (χ2v) is 5.82. The van der Waals surface area contributed by atoms with E-state index in [0.717, 1.165) is 24.9 Å². The third kappa shape index (κ3) is 3.59. The molecule has 3 heteroatoms. The number of hydrogen-bond donors (Lipinski definition) is 1. The van der Waals surface area contributed by atoms with Crippen molar-refractivity contribution in [3.8, 4) is 0 Å². The number of furan rings is 1. The highest BCUT2D eigenvalue weighted by Crippen LogP contribution is 2.20. The molecule has 2 atom stereocenters. The predicted octanol–water partition coefficient (Wildman–Crippen LogP) is 2.80. The molecule has 102 valence electrons. The van der Waals surface area contributed by atoms with Crippen LogP contribution in [0.1, 0.15) is 38.0 Å². The van der Waals surface area contributed by atoms with Crippen LogP contribution in [0.25, 0.3) is 0 Å². The Balaban J connectivity index is 1.79. The zero-order valence-electron chi connectivity index (χ0n) is 12.1. The van der Waals surface area contributed by atoms with Gasteiger partial charge in [-0.3, -0.25) is 4.90 Å². The molecule has 0 bridgehead atoms. The van der Waals surface area contributed by atoms with E-state index in [1.807, 2.05) is 6.92 Å². The van der Waals surface area contributed by atoms with Crippen LogP contribution >= 0.6 is 0 Å². The van der Waals surface area contributed by atoms with E-state index in [1.165, 1.54) is 18.4 Å². The van der Waals surface area contributed by atoms with Gasteiger partial charge in [-0.2, -0.15) is 0 Å². The zero-order chi connectivity index (χ0) is 13.1. The molecule has 1 N–H and O–H groups in total. The maximum Gasteiger partial charge on any atom is 0.105 e. The minimum Gasteiger partial charge on any atom is -0.469 e. The number of rotatable bonds is 7. The summed E-state index contributed by atoms with van der Waals surface area (Å²) in [5.74, 6) is 1.71. The first-order valence-electron chi connectivity index (χ1n) is 7.04. The molecular weight excluding hydrogens is 224 g/mol. The fourth-order valence-electron chi connectivity index (χ4n) is 2.23. The first-order valence-corrected chi connectivity index (χ1v) is 7.04. The molecule has 1 fully saturated rings. The van der Waals surface area contributed by atoms with Crippen LogP contribution in [0.2, 0.25) is 0 Å². The molecule has 2 unspecified atom stereocenters. The zero-order valence-corrected chi connectivity index (χ0v) is 12.1. The third-order valence-corrected chi connectivity index (χ3v) is 4.21. The average molecular weight is 250 g/mol. The lowest BCUT2D eigenvalue weighted by Gasteiger charge is -2.30. The second-order valence-electron chi connectivity index (χ2n) is 5.82. The molecule has 0 aliphatic heterocycles. The van der Waals surface area contributed by atoms with E-state index >= 15 is 0 Å². The molecular formula is C15H26N2O. The predicted molar refractivity (Wildman–Crippen MR) is 74.6 cm³/mol. The van der Waals surface area contributed by atoms with E-state index < -0.39 is 0 Å². The molecule has 3 nitrogen and oxygen atoms in total. The molecule has 0 radical (unpaired) electrons. The quantitative estimate of drug-likeness (QED) is 0.806. The monoisotopic (exact) mass is 250 g/mol. The van der Waals surface area contributed by atoms with Crippen LogP contribution in [0.5, 0.6) is 0 Å². The van der Waals surface area contributed by atoms with Crippen molar-refractivity contribution >= 4 is 0 Å².